The molecule has 5 radical (unpaired) electrons. The molecule has 0 bridgehead atoms. The van der Waals surface area contributed by atoms with Gasteiger partial charge in [-0.2, -0.15) is 11.1 Å². The first-order chi connectivity index (χ1) is 8.16. The minimum atomic E-state index is -1.98. The Morgan fingerprint density at radius 1 is 1.17 bits per heavy atom. The van der Waals surface area contributed by atoms with E-state index in [-0.39, 0.29) is 18.0 Å². The molecule has 1 aliphatic carbocycles. The number of nitrogens with zero attached hydrogens (tertiary/aromatic N) is 1. The fraction of sp³-hybridized carbons (Fsp3) is 0.571. The zero-order chi connectivity index (χ0) is 14.1. The lowest BCUT2D eigenvalue weighted by molar-refractivity contribution is -0.131. The van der Waals surface area contributed by atoms with Crippen molar-refractivity contribution < 1.29 is 4.79 Å². The summed E-state index contributed by atoms with van der Waals surface area (Å²) < 4.78 is 0. The fourth-order valence-corrected chi connectivity index (χ4v) is 4.15. The Morgan fingerprint density at radius 3 is 2.06 bits per heavy atom. The van der Waals surface area contributed by atoms with Crippen LogP contribution in [0.4, 0.5) is 0 Å². The van der Waals surface area contributed by atoms with Crippen LogP contribution in [0.5, 0.6) is 0 Å². The number of hydrogen-bond acceptors (Lipinski definition) is 1. The Balaban J connectivity index is 2.88. The first-order valence-corrected chi connectivity index (χ1v) is 10.4. The van der Waals surface area contributed by atoms with Crippen molar-refractivity contribution in [2.24, 2.45) is 0 Å². The Kier molecular flexibility index (Phi) is 5.30. The fourth-order valence-electron chi connectivity index (χ4n) is 2.33. The molecule has 1 rings (SSSR count). The highest BCUT2D eigenvalue weighted by Gasteiger charge is 2.46. The number of carbonyl (C=O) groups excluding carboxylic acids is 1. The summed E-state index contributed by atoms with van der Waals surface area (Å²) in [6, 6.07) is 0.390. The van der Waals surface area contributed by atoms with Crippen LogP contribution >= 0.6 is 11.1 Å². The van der Waals surface area contributed by atoms with Crippen LogP contribution in [-0.2, 0) is 4.79 Å². The average Bonchev–Trinajstić information content (AvgIpc) is 2.63. The van der Waals surface area contributed by atoms with Crippen molar-refractivity contribution in [3.05, 3.63) is 30.7 Å². The van der Waals surface area contributed by atoms with E-state index < -0.39 is 7.38 Å². The van der Waals surface area contributed by atoms with Crippen molar-refractivity contribution in [1.82, 2.24) is 4.90 Å². The lowest BCUT2D eigenvalue weighted by Gasteiger charge is -2.36. The number of halogens is 1. The Morgan fingerprint density at radius 2 is 1.67 bits per heavy atom. The maximum Gasteiger partial charge on any atom is 0.231 e. The second kappa shape index (κ2) is 5.95. The largest absolute Gasteiger partial charge is 0.337 e. The van der Waals surface area contributed by atoms with E-state index in [1.807, 2.05) is 51.9 Å². The van der Waals surface area contributed by atoms with Gasteiger partial charge in [0.1, 0.15) is 0 Å². The highest BCUT2D eigenvalue weighted by atomic mass is 35.6. The van der Waals surface area contributed by atoms with Gasteiger partial charge in [0.2, 0.25) is 5.91 Å². The van der Waals surface area contributed by atoms with E-state index in [9.17, 15) is 4.79 Å². The molecule has 4 heteroatoms. The molecule has 1 aliphatic rings. The van der Waals surface area contributed by atoms with Crippen molar-refractivity contribution in [2.45, 2.75) is 52.9 Å². The van der Waals surface area contributed by atoms with Crippen LogP contribution < -0.4 is 0 Å². The number of carbonyl (C=O) groups is 1. The molecule has 1 amide bonds. The first-order valence-electron chi connectivity index (χ1n) is 6.44. The Bertz CT molecular complexity index is 291. The Labute approximate surface area is 118 Å². The molecule has 0 aromatic rings. The van der Waals surface area contributed by atoms with Crippen LogP contribution in [0.2, 0.25) is 13.1 Å². The maximum atomic E-state index is 12.6. The van der Waals surface area contributed by atoms with E-state index in [4.69, 9.17) is 11.1 Å². The predicted molar refractivity (Wildman–Crippen MR) is 79.8 cm³/mol. The molecular weight excluding hydrogens is 262 g/mol. The average molecular weight is 285 g/mol. The summed E-state index contributed by atoms with van der Waals surface area (Å²) in [6.45, 7) is 12.3. The smallest absolute Gasteiger partial charge is 0.231 e. The molecule has 0 saturated heterocycles. The van der Waals surface area contributed by atoms with Gasteiger partial charge in [0.25, 0.3) is 0 Å². The van der Waals surface area contributed by atoms with E-state index in [2.05, 4.69) is 13.1 Å². The zero-order valence-corrected chi connectivity index (χ0v) is 13.9. The summed E-state index contributed by atoms with van der Waals surface area (Å²) in [5.74, 6) is 0.880. The molecule has 101 valence electrons. The maximum absolute atomic E-state index is 12.6. The van der Waals surface area contributed by atoms with E-state index >= 15 is 0 Å². The van der Waals surface area contributed by atoms with E-state index in [0.717, 1.165) is 11.5 Å². The number of rotatable bonds is 4. The van der Waals surface area contributed by atoms with Crippen LogP contribution in [0.25, 0.3) is 0 Å². The third-order valence-corrected chi connectivity index (χ3v) is 5.36. The molecule has 0 spiro atoms. The SMILES string of the molecule is CC(C)N(C(=O)[C]1[CH][CH][CH][C]1[Si](C)(C)Cl)C(C)C. The van der Waals surface area contributed by atoms with Gasteiger partial charge in [-0.05, 0) is 47.0 Å². The summed E-state index contributed by atoms with van der Waals surface area (Å²) in [5.41, 5.74) is 1.04. The van der Waals surface area contributed by atoms with Gasteiger partial charge in [-0.15, -0.1) is 0 Å². The second-order valence-electron chi connectivity index (χ2n) is 5.73. The summed E-state index contributed by atoms with van der Waals surface area (Å²) >= 11 is 6.48. The van der Waals surface area contributed by atoms with Gasteiger partial charge < -0.3 is 4.90 Å². The summed E-state index contributed by atoms with van der Waals surface area (Å²) in [5, 5.41) is 0. The normalized spacial score (nSPS) is 18.9. The van der Waals surface area contributed by atoms with E-state index in [1.165, 1.54) is 0 Å². The summed E-state index contributed by atoms with van der Waals surface area (Å²) in [4.78, 5) is 14.6. The van der Waals surface area contributed by atoms with Gasteiger partial charge in [-0.1, -0.05) is 13.1 Å². The molecule has 0 aromatic carbocycles. The van der Waals surface area contributed by atoms with Crippen LogP contribution in [0.3, 0.4) is 0 Å². The van der Waals surface area contributed by atoms with Gasteiger partial charge >= 0.3 is 0 Å². The highest BCUT2D eigenvalue weighted by molar-refractivity contribution is 7.22. The molecule has 0 N–H and O–H groups in total. The molecule has 2 nitrogen and oxygen atoms in total. The summed E-state index contributed by atoms with van der Waals surface area (Å²) in [7, 11) is -1.98. The van der Waals surface area contributed by atoms with Gasteiger partial charge in [-0.25, -0.2) is 0 Å². The lowest BCUT2D eigenvalue weighted by atomic mass is 10.0. The molecule has 0 unspecified atom stereocenters. The van der Waals surface area contributed by atoms with Crippen molar-refractivity contribution in [3.63, 3.8) is 0 Å². The van der Waals surface area contributed by atoms with Crippen LogP contribution in [0, 0.1) is 30.7 Å². The molecule has 0 aromatic heterocycles. The third kappa shape index (κ3) is 3.50. The standard InChI is InChI=1S/C14H23ClNOSi/c1-10(2)16(11(3)4)14(17)12-8-7-9-13(12)18(5,6)15/h7-11H,1-6H3. The zero-order valence-electron chi connectivity index (χ0n) is 12.1. The van der Waals surface area contributed by atoms with Crippen molar-refractivity contribution >= 4 is 24.4 Å². The number of hydrogen-bond donors (Lipinski definition) is 0. The predicted octanol–water partition coefficient (Wildman–Crippen LogP) is 3.39. The molecule has 0 aliphatic heterocycles. The van der Waals surface area contributed by atoms with Gasteiger partial charge in [0, 0.05) is 17.6 Å². The quantitative estimate of drug-likeness (QED) is 0.572. The van der Waals surface area contributed by atoms with Crippen LogP contribution in [0.1, 0.15) is 27.7 Å². The third-order valence-electron chi connectivity index (χ3n) is 3.03. The van der Waals surface area contributed by atoms with E-state index in [0.29, 0.717) is 0 Å². The van der Waals surface area contributed by atoms with Gasteiger partial charge in [0.05, 0.1) is 5.92 Å². The minimum Gasteiger partial charge on any atom is -0.337 e. The molecule has 1 fully saturated rings. The topological polar surface area (TPSA) is 20.3 Å². The number of amides is 1. The first kappa shape index (κ1) is 16.0. The molecule has 1 saturated carbocycles. The van der Waals surface area contributed by atoms with Crippen LogP contribution in [0.15, 0.2) is 0 Å². The van der Waals surface area contributed by atoms with Crippen molar-refractivity contribution in [2.75, 3.05) is 0 Å². The van der Waals surface area contributed by atoms with Crippen molar-refractivity contribution in [3.8, 4) is 0 Å². The Hall–Kier alpha value is -0.0231. The molecule has 18 heavy (non-hydrogen) atoms. The second-order valence-corrected chi connectivity index (χ2v) is 12.0. The lowest BCUT2D eigenvalue weighted by Crippen LogP contribution is -2.47. The van der Waals surface area contributed by atoms with Crippen LogP contribution in [-0.4, -0.2) is 30.3 Å². The molecule has 0 atom stereocenters. The molecule has 0 heterocycles. The van der Waals surface area contributed by atoms with E-state index in [1.54, 1.807) is 0 Å². The minimum absolute atomic E-state index is 0.0984. The van der Waals surface area contributed by atoms with Gasteiger partial charge in [-0.3, -0.25) is 4.79 Å². The highest BCUT2D eigenvalue weighted by Crippen LogP contribution is 2.42. The van der Waals surface area contributed by atoms with Gasteiger partial charge in [0.15, 0.2) is 7.38 Å². The monoisotopic (exact) mass is 284 g/mol. The molecular formula is C14H23ClNOSi. The summed E-state index contributed by atoms with van der Waals surface area (Å²) in [6.07, 6.45) is 5.82. The van der Waals surface area contributed by atoms with Crippen molar-refractivity contribution in [1.29, 1.82) is 0 Å².